The topological polar surface area (TPSA) is 90.0 Å². The normalized spacial score (nSPS) is 12.5. The molecule has 6 nitrogen and oxygen atoms in total. The van der Waals surface area contributed by atoms with Gasteiger partial charge in [0.05, 0.1) is 16.7 Å². The van der Waals surface area contributed by atoms with Crippen LogP contribution in [0.3, 0.4) is 0 Å². The number of hydrogen-bond acceptors (Lipinski definition) is 5. The van der Waals surface area contributed by atoms with Crippen molar-refractivity contribution in [2.45, 2.75) is 32.0 Å². The fourth-order valence-corrected chi connectivity index (χ4v) is 2.55. The van der Waals surface area contributed by atoms with Crippen molar-refractivity contribution < 1.29 is 4.79 Å². The Morgan fingerprint density at radius 3 is 2.73 bits per heavy atom. The molecule has 2 rings (SSSR count). The lowest BCUT2D eigenvalue weighted by molar-refractivity contribution is -0.119. The van der Waals surface area contributed by atoms with Gasteiger partial charge in [0.1, 0.15) is 0 Å². The molecule has 1 amide bonds. The van der Waals surface area contributed by atoms with Crippen LogP contribution in [-0.4, -0.2) is 27.4 Å². The molecule has 1 aromatic heterocycles. The number of nitrogens with zero attached hydrogens (tertiary/aromatic N) is 2. The molecule has 0 fully saturated rings. The minimum absolute atomic E-state index is 0.0951. The average molecular weight is 320 g/mol. The fourth-order valence-electron chi connectivity index (χ4n) is 1.82. The molecule has 0 aliphatic rings. The third-order valence-electron chi connectivity index (χ3n) is 3.50. The van der Waals surface area contributed by atoms with Crippen molar-refractivity contribution in [3.05, 3.63) is 34.6 Å². The Bertz CT molecular complexity index is 742. The highest BCUT2D eigenvalue weighted by Crippen LogP contribution is 2.16. The number of rotatable bonds is 5. The van der Waals surface area contributed by atoms with Crippen molar-refractivity contribution in [3.63, 3.8) is 0 Å². The maximum atomic E-state index is 12.1. The summed E-state index contributed by atoms with van der Waals surface area (Å²) in [4.78, 5) is 28.4. The maximum absolute atomic E-state index is 12.1. The summed E-state index contributed by atoms with van der Waals surface area (Å²) in [5.74, 6) is 6.20. The number of benzene rings is 1. The van der Waals surface area contributed by atoms with Crippen molar-refractivity contribution in [2.75, 3.05) is 11.6 Å². The van der Waals surface area contributed by atoms with Gasteiger partial charge in [-0.15, -0.1) is 0 Å². The number of carbonyl (C=O) groups is 1. The molecule has 0 aliphatic carbocycles. The van der Waals surface area contributed by atoms with Crippen LogP contribution in [0.2, 0.25) is 0 Å². The number of nitrogens with one attached hydrogen (secondary N) is 1. The van der Waals surface area contributed by atoms with Crippen LogP contribution in [0.5, 0.6) is 0 Å². The molecule has 0 saturated heterocycles. The van der Waals surface area contributed by atoms with Gasteiger partial charge in [0.2, 0.25) is 5.91 Å². The number of para-hydroxylation sites is 1. The second-order valence-electron chi connectivity index (χ2n) is 5.48. The minimum Gasteiger partial charge on any atom is -0.353 e. The fraction of sp³-hybridized carbons (Fsp3) is 0.400. The smallest absolute Gasteiger partial charge is 0.280 e. The number of nitrogens with two attached hydrogens (primary N) is 1. The van der Waals surface area contributed by atoms with E-state index in [-0.39, 0.29) is 23.3 Å². The van der Waals surface area contributed by atoms with E-state index in [0.29, 0.717) is 22.0 Å². The molecule has 1 atom stereocenters. The van der Waals surface area contributed by atoms with Gasteiger partial charge in [-0.1, -0.05) is 37.7 Å². The van der Waals surface area contributed by atoms with Crippen LogP contribution < -0.4 is 16.7 Å². The van der Waals surface area contributed by atoms with Gasteiger partial charge in [-0.25, -0.2) is 9.66 Å². The molecule has 22 heavy (non-hydrogen) atoms. The highest BCUT2D eigenvalue weighted by molar-refractivity contribution is 7.99. The molecular weight excluding hydrogens is 300 g/mol. The quantitative estimate of drug-likeness (QED) is 0.493. The van der Waals surface area contributed by atoms with Crippen LogP contribution in [-0.2, 0) is 4.79 Å². The summed E-state index contributed by atoms with van der Waals surface area (Å²) in [6, 6.07) is 7.10. The van der Waals surface area contributed by atoms with Crippen LogP contribution in [0.15, 0.2) is 34.2 Å². The maximum Gasteiger partial charge on any atom is 0.280 e. The molecule has 0 radical (unpaired) electrons. The van der Waals surface area contributed by atoms with Crippen molar-refractivity contribution >= 4 is 28.6 Å². The minimum atomic E-state index is -0.316. The largest absolute Gasteiger partial charge is 0.353 e. The first-order valence-corrected chi connectivity index (χ1v) is 8.07. The van der Waals surface area contributed by atoms with E-state index in [0.717, 1.165) is 16.4 Å². The Morgan fingerprint density at radius 2 is 2.05 bits per heavy atom. The van der Waals surface area contributed by atoms with Gasteiger partial charge >= 0.3 is 0 Å². The van der Waals surface area contributed by atoms with E-state index in [2.05, 4.69) is 10.3 Å². The zero-order valence-corrected chi connectivity index (χ0v) is 13.7. The van der Waals surface area contributed by atoms with Gasteiger partial charge < -0.3 is 11.2 Å². The van der Waals surface area contributed by atoms with E-state index >= 15 is 0 Å². The zero-order chi connectivity index (χ0) is 16.3. The molecule has 7 heteroatoms. The summed E-state index contributed by atoms with van der Waals surface area (Å²) in [5.41, 5.74) is 0.261. The predicted molar refractivity (Wildman–Crippen MR) is 89.3 cm³/mol. The number of aromatic nitrogens is 2. The molecule has 0 aliphatic heterocycles. The molecule has 2 aromatic rings. The van der Waals surface area contributed by atoms with Crippen molar-refractivity contribution in [1.82, 2.24) is 15.0 Å². The number of hydrogen-bond donors (Lipinski definition) is 2. The lowest BCUT2D eigenvalue weighted by Gasteiger charge is -2.17. The van der Waals surface area contributed by atoms with Crippen LogP contribution >= 0.6 is 11.8 Å². The van der Waals surface area contributed by atoms with E-state index in [1.807, 2.05) is 20.8 Å². The molecule has 1 heterocycles. The van der Waals surface area contributed by atoms with Crippen molar-refractivity contribution in [2.24, 2.45) is 5.92 Å². The van der Waals surface area contributed by atoms with Gasteiger partial charge in [-0.05, 0) is 25.0 Å². The Labute approximate surface area is 133 Å². The highest BCUT2D eigenvalue weighted by Gasteiger charge is 2.14. The van der Waals surface area contributed by atoms with Gasteiger partial charge in [-0.3, -0.25) is 9.59 Å². The second-order valence-corrected chi connectivity index (χ2v) is 6.42. The number of nitrogen functional groups attached to an aromatic ring is 1. The first kappa shape index (κ1) is 16.4. The van der Waals surface area contributed by atoms with Gasteiger partial charge in [0.15, 0.2) is 5.16 Å². The number of fused-ring (bicyclic) bond motifs is 1. The monoisotopic (exact) mass is 320 g/mol. The number of amides is 1. The van der Waals surface area contributed by atoms with Crippen LogP contribution in [0, 0.1) is 5.92 Å². The number of carbonyl (C=O) groups excluding carboxylic acids is 1. The highest BCUT2D eigenvalue weighted by atomic mass is 32.2. The molecule has 118 valence electrons. The Kier molecular flexibility index (Phi) is 5.07. The summed E-state index contributed by atoms with van der Waals surface area (Å²) >= 11 is 1.15. The van der Waals surface area contributed by atoms with Crippen LogP contribution in [0.25, 0.3) is 10.9 Å². The summed E-state index contributed by atoms with van der Waals surface area (Å²) in [5, 5.41) is 3.70. The summed E-state index contributed by atoms with van der Waals surface area (Å²) in [6.07, 6.45) is 0. The van der Waals surface area contributed by atoms with E-state index in [9.17, 15) is 9.59 Å². The molecule has 1 aromatic carbocycles. The summed E-state index contributed by atoms with van der Waals surface area (Å²) in [6.45, 7) is 6.04. The molecule has 0 saturated carbocycles. The zero-order valence-electron chi connectivity index (χ0n) is 12.9. The third-order valence-corrected chi connectivity index (χ3v) is 4.45. The van der Waals surface area contributed by atoms with Crippen LogP contribution in [0.1, 0.15) is 20.8 Å². The van der Waals surface area contributed by atoms with E-state index in [1.165, 1.54) is 0 Å². The lowest BCUT2D eigenvalue weighted by atomic mass is 10.1. The standard InChI is InChI=1S/C15H20N4O2S/c1-9(2)10(3)17-13(20)8-22-15-18-12-7-5-4-6-11(12)14(21)19(15)16/h4-7,9-10H,8,16H2,1-3H3,(H,17,20). The molecule has 0 spiro atoms. The van der Waals surface area contributed by atoms with E-state index < -0.39 is 0 Å². The summed E-state index contributed by atoms with van der Waals surface area (Å²) < 4.78 is 0.992. The first-order chi connectivity index (χ1) is 10.4. The Morgan fingerprint density at radius 1 is 1.36 bits per heavy atom. The Balaban J connectivity index is 2.14. The van der Waals surface area contributed by atoms with E-state index in [4.69, 9.17) is 5.84 Å². The van der Waals surface area contributed by atoms with Crippen molar-refractivity contribution in [1.29, 1.82) is 0 Å². The third kappa shape index (κ3) is 3.59. The Hall–Kier alpha value is -2.02. The molecular formula is C15H20N4O2S. The van der Waals surface area contributed by atoms with Crippen molar-refractivity contribution in [3.8, 4) is 0 Å². The van der Waals surface area contributed by atoms with E-state index in [1.54, 1.807) is 24.3 Å². The van der Waals surface area contributed by atoms with Crippen LogP contribution in [0.4, 0.5) is 0 Å². The first-order valence-electron chi connectivity index (χ1n) is 7.09. The average Bonchev–Trinajstić information content (AvgIpc) is 2.49. The van der Waals surface area contributed by atoms with Gasteiger partial charge in [-0.2, -0.15) is 0 Å². The molecule has 0 bridgehead atoms. The molecule has 1 unspecified atom stereocenters. The summed E-state index contributed by atoms with van der Waals surface area (Å²) in [7, 11) is 0. The number of thioether (sulfide) groups is 1. The SMILES string of the molecule is CC(C)C(C)NC(=O)CSc1nc2ccccc2c(=O)n1N. The van der Waals surface area contributed by atoms with Gasteiger partial charge in [0, 0.05) is 6.04 Å². The van der Waals surface area contributed by atoms with Gasteiger partial charge in [0.25, 0.3) is 5.56 Å². The second kappa shape index (κ2) is 6.83. The molecule has 3 N–H and O–H groups in total. The predicted octanol–water partition coefficient (Wildman–Crippen LogP) is 1.36. The lowest BCUT2D eigenvalue weighted by Crippen LogP contribution is -2.37.